The van der Waals surface area contributed by atoms with E-state index in [4.69, 9.17) is 0 Å². The Balaban J connectivity index is 1.60. The molecule has 7 nitrogen and oxygen atoms in total. The Bertz CT molecular complexity index is 908. The Morgan fingerprint density at radius 2 is 2.00 bits per heavy atom. The highest BCUT2D eigenvalue weighted by atomic mass is 19.4. The zero-order valence-corrected chi connectivity index (χ0v) is 17.2. The van der Waals surface area contributed by atoms with Crippen molar-refractivity contribution in [1.82, 2.24) is 29.7 Å². The average molecular weight is 424 g/mol. The highest BCUT2D eigenvalue weighted by Crippen LogP contribution is 2.33. The first-order valence-electron chi connectivity index (χ1n) is 10.4. The molecule has 1 atom stereocenters. The highest BCUT2D eigenvalue weighted by Gasteiger charge is 2.35. The molecule has 4 rings (SSSR count). The molecule has 2 fully saturated rings. The summed E-state index contributed by atoms with van der Waals surface area (Å²) in [6.07, 6.45) is -0.334. The number of aromatic nitrogens is 3. The summed E-state index contributed by atoms with van der Waals surface area (Å²) in [6, 6.07) is 3.40. The van der Waals surface area contributed by atoms with Crippen LogP contribution < -0.4 is 5.32 Å². The molecule has 2 aromatic rings. The second-order valence-electron chi connectivity index (χ2n) is 8.55. The van der Waals surface area contributed by atoms with Gasteiger partial charge in [0.15, 0.2) is 11.5 Å². The Morgan fingerprint density at radius 1 is 1.23 bits per heavy atom. The molecule has 0 radical (unpaired) electrons. The minimum atomic E-state index is -4.45. The monoisotopic (exact) mass is 424 g/mol. The summed E-state index contributed by atoms with van der Waals surface area (Å²) in [5.41, 5.74) is 0.718. The Labute approximate surface area is 173 Å². The van der Waals surface area contributed by atoms with Crippen LogP contribution in [0.25, 0.3) is 5.65 Å². The number of nitrogens with one attached hydrogen (secondary N) is 1. The maximum atomic E-state index is 12.4. The minimum absolute atomic E-state index is 0.000913. The SMILES string of the molecule is CC(C)N1CCN(CC2CC2)C[C@@H]1c1nnc2ccc(C(=O)NCC(F)(F)F)cn12. The van der Waals surface area contributed by atoms with Crippen molar-refractivity contribution in [2.24, 2.45) is 5.92 Å². The Hall–Kier alpha value is -2.20. The zero-order chi connectivity index (χ0) is 21.5. The van der Waals surface area contributed by atoms with E-state index in [1.807, 2.05) is 5.32 Å². The third kappa shape index (κ3) is 4.75. The van der Waals surface area contributed by atoms with Gasteiger partial charge in [0.1, 0.15) is 6.54 Å². The van der Waals surface area contributed by atoms with Crippen LogP contribution in [0.4, 0.5) is 13.2 Å². The van der Waals surface area contributed by atoms with Crippen LogP contribution >= 0.6 is 0 Å². The van der Waals surface area contributed by atoms with Gasteiger partial charge in [-0.15, -0.1) is 10.2 Å². The van der Waals surface area contributed by atoms with E-state index in [-0.39, 0.29) is 11.6 Å². The fraction of sp³-hybridized carbons (Fsp3) is 0.650. The topological polar surface area (TPSA) is 65.8 Å². The lowest BCUT2D eigenvalue weighted by Gasteiger charge is -2.42. The normalized spacial score (nSPS) is 21.5. The van der Waals surface area contributed by atoms with Crippen LogP contribution in [0.3, 0.4) is 0 Å². The second kappa shape index (κ2) is 8.14. The van der Waals surface area contributed by atoms with Crippen molar-refractivity contribution in [1.29, 1.82) is 0 Å². The number of hydrogen-bond donors (Lipinski definition) is 1. The third-order valence-corrected chi connectivity index (χ3v) is 5.82. The maximum Gasteiger partial charge on any atom is 0.405 e. The Morgan fingerprint density at radius 3 is 2.67 bits per heavy atom. The van der Waals surface area contributed by atoms with Gasteiger partial charge in [-0.1, -0.05) is 0 Å². The van der Waals surface area contributed by atoms with Crippen LogP contribution in [-0.4, -0.2) is 75.2 Å². The number of fused-ring (bicyclic) bond motifs is 1. The standard InChI is InChI=1S/C20H27F3N6O/c1-13(2)28-8-7-27(9-14-3-4-14)11-16(28)18-26-25-17-6-5-15(10-29(17)18)19(30)24-12-20(21,22)23/h5-6,10,13-14,16H,3-4,7-9,11-12H2,1-2H3,(H,24,30)/t16-/m1/s1. The average Bonchev–Trinajstić information content (AvgIpc) is 3.40. The molecular formula is C20H27F3N6O. The number of halogens is 3. The quantitative estimate of drug-likeness (QED) is 0.772. The second-order valence-corrected chi connectivity index (χ2v) is 8.55. The molecule has 1 aliphatic carbocycles. The molecule has 1 saturated heterocycles. The van der Waals surface area contributed by atoms with Crippen molar-refractivity contribution >= 4 is 11.6 Å². The molecule has 1 aliphatic heterocycles. The predicted octanol–water partition coefficient (Wildman–Crippen LogP) is 2.50. The van der Waals surface area contributed by atoms with Crippen molar-refractivity contribution in [3.8, 4) is 0 Å². The summed E-state index contributed by atoms with van der Waals surface area (Å²) in [6.45, 7) is 6.75. The van der Waals surface area contributed by atoms with E-state index >= 15 is 0 Å². The van der Waals surface area contributed by atoms with E-state index in [1.165, 1.54) is 25.1 Å². The number of nitrogens with zero attached hydrogens (tertiary/aromatic N) is 5. The molecule has 2 aliphatic rings. The van der Waals surface area contributed by atoms with Crippen LogP contribution in [0, 0.1) is 5.92 Å². The molecule has 0 spiro atoms. The van der Waals surface area contributed by atoms with E-state index in [0.29, 0.717) is 17.5 Å². The summed E-state index contributed by atoms with van der Waals surface area (Å²) in [5, 5.41) is 10.5. The highest BCUT2D eigenvalue weighted by molar-refractivity contribution is 5.94. The fourth-order valence-electron chi connectivity index (χ4n) is 4.09. The van der Waals surface area contributed by atoms with E-state index in [1.54, 1.807) is 10.5 Å². The molecule has 164 valence electrons. The molecule has 2 aromatic heterocycles. The lowest BCUT2D eigenvalue weighted by atomic mass is 10.1. The van der Waals surface area contributed by atoms with Gasteiger partial charge < -0.3 is 5.32 Å². The number of rotatable bonds is 6. The predicted molar refractivity (Wildman–Crippen MR) is 105 cm³/mol. The lowest BCUT2D eigenvalue weighted by molar-refractivity contribution is -0.123. The molecule has 10 heteroatoms. The molecule has 0 bridgehead atoms. The number of hydrogen-bond acceptors (Lipinski definition) is 5. The summed E-state index contributed by atoms with van der Waals surface area (Å²) in [7, 11) is 0. The summed E-state index contributed by atoms with van der Waals surface area (Å²) in [4.78, 5) is 17.0. The summed E-state index contributed by atoms with van der Waals surface area (Å²) < 4.78 is 39.1. The van der Waals surface area contributed by atoms with Crippen LogP contribution in [0.15, 0.2) is 18.3 Å². The van der Waals surface area contributed by atoms with E-state index in [2.05, 4.69) is 33.8 Å². The molecule has 1 N–H and O–H groups in total. The molecular weight excluding hydrogens is 397 g/mol. The Kier molecular flexibility index (Phi) is 5.71. The van der Waals surface area contributed by atoms with Gasteiger partial charge in [0, 0.05) is 38.4 Å². The van der Waals surface area contributed by atoms with Crippen LogP contribution in [0.2, 0.25) is 0 Å². The molecule has 3 heterocycles. The first-order valence-corrected chi connectivity index (χ1v) is 10.4. The van der Waals surface area contributed by atoms with E-state index in [9.17, 15) is 18.0 Å². The van der Waals surface area contributed by atoms with Gasteiger partial charge in [0.2, 0.25) is 0 Å². The minimum Gasteiger partial charge on any atom is -0.343 e. The third-order valence-electron chi connectivity index (χ3n) is 5.82. The smallest absolute Gasteiger partial charge is 0.343 e. The summed E-state index contributed by atoms with van der Waals surface area (Å²) >= 11 is 0. The van der Waals surface area contributed by atoms with Crippen molar-refractivity contribution in [3.63, 3.8) is 0 Å². The van der Waals surface area contributed by atoms with Gasteiger partial charge in [-0.05, 0) is 44.7 Å². The number of pyridine rings is 1. The van der Waals surface area contributed by atoms with Gasteiger partial charge in [-0.3, -0.25) is 19.0 Å². The zero-order valence-electron chi connectivity index (χ0n) is 17.2. The summed E-state index contributed by atoms with van der Waals surface area (Å²) in [5.74, 6) is 0.730. The molecule has 0 aromatic carbocycles. The number of piperazine rings is 1. The molecule has 1 saturated carbocycles. The van der Waals surface area contributed by atoms with Crippen LogP contribution in [0.5, 0.6) is 0 Å². The lowest BCUT2D eigenvalue weighted by Crippen LogP contribution is -2.51. The molecule has 30 heavy (non-hydrogen) atoms. The number of amides is 1. The fourth-order valence-corrected chi connectivity index (χ4v) is 4.09. The van der Waals surface area contributed by atoms with Crippen LogP contribution in [-0.2, 0) is 0 Å². The van der Waals surface area contributed by atoms with Crippen molar-refractivity contribution < 1.29 is 18.0 Å². The molecule has 0 unspecified atom stereocenters. The number of carbonyl (C=O) groups is 1. The first-order chi connectivity index (χ1) is 14.2. The van der Waals surface area contributed by atoms with Gasteiger partial charge >= 0.3 is 6.18 Å². The largest absolute Gasteiger partial charge is 0.405 e. The maximum absolute atomic E-state index is 12.4. The van der Waals surface area contributed by atoms with E-state index in [0.717, 1.165) is 32.1 Å². The van der Waals surface area contributed by atoms with Crippen LogP contribution in [0.1, 0.15) is 48.9 Å². The van der Waals surface area contributed by atoms with Crippen molar-refractivity contribution in [2.45, 2.75) is 44.9 Å². The van der Waals surface area contributed by atoms with Gasteiger partial charge in [0.05, 0.1) is 11.6 Å². The number of alkyl halides is 3. The first kappa shape index (κ1) is 21.0. The van der Waals surface area contributed by atoms with Gasteiger partial charge in [0.25, 0.3) is 5.91 Å². The van der Waals surface area contributed by atoms with Crippen molar-refractivity contribution in [3.05, 3.63) is 29.7 Å². The molecule has 1 amide bonds. The number of carbonyl (C=O) groups excluding carboxylic acids is 1. The van der Waals surface area contributed by atoms with Gasteiger partial charge in [-0.25, -0.2) is 0 Å². The van der Waals surface area contributed by atoms with Gasteiger partial charge in [-0.2, -0.15) is 13.2 Å². The van der Waals surface area contributed by atoms with E-state index < -0.39 is 18.6 Å². The van der Waals surface area contributed by atoms with Crippen molar-refractivity contribution in [2.75, 3.05) is 32.7 Å².